The van der Waals surface area contributed by atoms with Crippen molar-refractivity contribution in [2.24, 2.45) is 16.8 Å². The van der Waals surface area contributed by atoms with Crippen molar-refractivity contribution in [2.75, 3.05) is 40.0 Å². The summed E-state index contributed by atoms with van der Waals surface area (Å²) in [5.41, 5.74) is 2.36. The molecule has 5 rings (SSSR count). The Balaban J connectivity index is 1.57. The van der Waals surface area contributed by atoms with Crippen LogP contribution in [0, 0.1) is 24.6 Å². The van der Waals surface area contributed by atoms with Crippen molar-refractivity contribution in [3.63, 3.8) is 0 Å². The number of piperidine rings is 1. The highest BCUT2D eigenvalue weighted by Crippen LogP contribution is 2.29. The van der Waals surface area contributed by atoms with E-state index in [9.17, 15) is 4.39 Å². The van der Waals surface area contributed by atoms with Gasteiger partial charge in [-0.1, -0.05) is 12.1 Å². The van der Waals surface area contributed by atoms with Crippen molar-refractivity contribution < 1.29 is 13.9 Å². The molecule has 28 heavy (non-hydrogen) atoms. The second-order valence-corrected chi connectivity index (χ2v) is 8.79. The van der Waals surface area contributed by atoms with Gasteiger partial charge in [0.2, 0.25) is 5.88 Å². The number of hydrogen-bond donors (Lipinski definition) is 1. The molecule has 0 radical (unpaired) electrons. The van der Waals surface area contributed by atoms with Gasteiger partial charge in [-0.15, -0.1) is 11.3 Å². The molecular formula is C21H24FN3O2S. The van der Waals surface area contributed by atoms with Crippen molar-refractivity contribution in [2.45, 2.75) is 13.0 Å². The second kappa shape index (κ2) is 7.13. The van der Waals surface area contributed by atoms with Crippen LogP contribution in [0.5, 0.6) is 0 Å². The first-order valence-corrected chi connectivity index (χ1v) is 10.6. The van der Waals surface area contributed by atoms with Gasteiger partial charge in [0.25, 0.3) is 0 Å². The molecule has 2 unspecified atom stereocenters. The molecule has 2 saturated heterocycles. The Morgan fingerprint density at radius 2 is 2.04 bits per heavy atom. The highest BCUT2D eigenvalue weighted by molar-refractivity contribution is 7.08. The Morgan fingerprint density at radius 3 is 2.79 bits per heavy atom. The highest BCUT2D eigenvalue weighted by atomic mass is 32.1. The second-order valence-electron chi connectivity index (χ2n) is 7.91. The molecule has 3 aliphatic heterocycles. The Kier molecular flexibility index (Phi) is 4.61. The summed E-state index contributed by atoms with van der Waals surface area (Å²) in [6.07, 6.45) is 0.139. The maximum atomic E-state index is 14.6. The quantitative estimate of drug-likeness (QED) is 0.851. The van der Waals surface area contributed by atoms with Crippen molar-refractivity contribution in [3.8, 4) is 11.1 Å². The van der Waals surface area contributed by atoms with Gasteiger partial charge in [-0.2, -0.15) is 0 Å². The van der Waals surface area contributed by atoms with E-state index in [4.69, 9.17) is 14.5 Å². The fourth-order valence-electron chi connectivity index (χ4n) is 4.32. The van der Waals surface area contributed by atoms with E-state index in [1.165, 1.54) is 0 Å². The van der Waals surface area contributed by atoms with E-state index in [2.05, 4.69) is 5.32 Å². The lowest BCUT2D eigenvalue weighted by Crippen LogP contribution is -2.55. The van der Waals surface area contributed by atoms with Gasteiger partial charge in [-0.25, -0.2) is 4.39 Å². The van der Waals surface area contributed by atoms with Gasteiger partial charge < -0.3 is 19.7 Å². The number of ether oxygens (including phenoxy) is 2. The number of thiophene rings is 1. The molecule has 0 aliphatic carbocycles. The Labute approximate surface area is 167 Å². The van der Waals surface area contributed by atoms with Crippen LogP contribution in [0.3, 0.4) is 0 Å². The highest BCUT2D eigenvalue weighted by Gasteiger charge is 2.40. The van der Waals surface area contributed by atoms with E-state index in [1.54, 1.807) is 17.4 Å². The third-order valence-corrected chi connectivity index (χ3v) is 6.77. The Morgan fingerprint density at radius 1 is 1.25 bits per heavy atom. The lowest BCUT2D eigenvalue weighted by Gasteiger charge is -2.43. The summed E-state index contributed by atoms with van der Waals surface area (Å²) in [6, 6.07) is 5.36. The van der Waals surface area contributed by atoms with Crippen LogP contribution in [-0.2, 0) is 9.47 Å². The molecule has 7 heteroatoms. The van der Waals surface area contributed by atoms with Crippen molar-refractivity contribution >= 4 is 17.2 Å². The number of nitrogens with zero attached hydrogens (tertiary/aromatic N) is 2. The van der Waals surface area contributed by atoms with Crippen LogP contribution >= 0.6 is 11.3 Å². The molecule has 1 N–H and O–H groups in total. The first-order valence-electron chi connectivity index (χ1n) is 9.71. The third kappa shape index (κ3) is 3.02. The van der Waals surface area contributed by atoms with Crippen LogP contribution in [0.1, 0.15) is 5.56 Å². The van der Waals surface area contributed by atoms with Crippen molar-refractivity contribution in [1.29, 1.82) is 0 Å². The van der Waals surface area contributed by atoms with Crippen LogP contribution in [-0.4, -0.2) is 51.0 Å². The molecule has 4 heterocycles. The summed E-state index contributed by atoms with van der Waals surface area (Å²) < 4.78 is 27.9. The largest absolute Gasteiger partial charge is 0.474 e. The van der Waals surface area contributed by atoms with Crippen LogP contribution in [0.4, 0.5) is 4.39 Å². The molecule has 0 amide bonds. The minimum absolute atomic E-state index is 0.139. The van der Waals surface area contributed by atoms with E-state index >= 15 is 0 Å². The van der Waals surface area contributed by atoms with E-state index in [0.29, 0.717) is 24.1 Å². The predicted molar refractivity (Wildman–Crippen MR) is 107 cm³/mol. The minimum atomic E-state index is -0.206. The molecule has 2 aromatic rings. The minimum Gasteiger partial charge on any atom is -0.474 e. The molecular weight excluding hydrogens is 377 g/mol. The zero-order valence-electron chi connectivity index (χ0n) is 16.1. The van der Waals surface area contributed by atoms with Crippen LogP contribution < -0.4 is 15.2 Å². The monoisotopic (exact) mass is 401 g/mol. The SMILES string of the molecule is Cc1ccc(-c2csc3c2=NCN(C)C=3OC2C3CNCC2COC3)c(F)c1. The summed E-state index contributed by atoms with van der Waals surface area (Å²) in [5, 5.41) is 6.32. The van der Waals surface area contributed by atoms with Gasteiger partial charge in [0.1, 0.15) is 23.1 Å². The smallest absolute Gasteiger partial charge is 0.210 e. The molecule has 1 aromatic carbocycles. The van der Waals surface area contributed by atoms with Gasteiger partial charge in [0.05, 0.1) is 18.6 Å². The van der Waals surface area contributed by atoms with Gasteiger partial charge in [-0.05, 0) is 18.6 Å². The number of benzene rings is 1. The van der Waals surface area contributed by atoms with Gasteiger partial charge >= 0.3 is 0 Å². The maximum Gasteiger partial charge on any atom is 0.210 e. The van der Waals surface area contributed by atoms with Gasteiger partial charge in [0, 0.05) is 48.5 Å². The molecule has 3 aliphatic rings. The van der Waals surface area contributed by atoms with E-state index < -0.39 is 0 Å². The molecule has 0 saturated carbocycles. The first kappa shape index (κ1) is 18.1. The number of fused-ring (bicyclic) bond motifs is 3. The number of hydrogen-bond acceptors (Lipinski definition) is 6. The summed E-state index contributed by atoms with van der Waals surface area (Å²) in [7, 11) is 2.00. The van der Waals surface area contributed by atoms with Crippen LogP contribution in [0.2, 0.25) is 0 Å². The summed E-state index contributed by atoms with van der Waals surface area (Å²) in [4.78, 5) is 6.77. The average molecular weight is 402 g/mol. The molecule has 5 nitrogen and oxygen atoms in total. The normalized spacial score (nSPS) is 26.6. The number of nitrogens with one attached hydrogen (secondary N) is 1. The topological polar surface area (TPSA) is 46.1 Å². The van der Waals surface area contributed by atoms with E-state index in [-0.39, 0.29) is 11.9 Å². The molecule has 0 spiro atoms. The van der Waals surface area contributed by atoms with E-state index in [1.807, 2.05) is 36.4 Å². The number of halogens is 1. The fraction of sp³-hybridized carbons (Fsp3) is 0.476. The third-order valence-electron chi connectivity index (χ3n) is 5.82. The summed E-state index contributed by atoms with van der Waals surface area (Å²) in [5.74, 6) is 1.36. The molecule has 148 valence electrons. The Bertz CT molecular complexity index is 999. The molecule has 2 bridgehead atoms. The summed E-state index contributed by atoms with van der Waals surface area (Å²) >= 11 is 1.58. The fourth-order valence-corrected chi connectivity index (χ4v) is 5.38. The number of aryl methyl sites for hydroxylation is 1. The molecule has 2 atom stereocenters. The van der Waals surface area contributed by atoms with Gasteiger partial charge in [-0.3, -0.25) is 4.99 Å². The zero-order valence-corrected chi connectivity index (χ0v) is 16.9. The lowest BCUT2D eigenvalue weighted by atomic mass is 9.86. The lowest BCUT2D eigenvalue weighted by molar-refractivity contribution is -0.0998. The standard InChI is InChI=1S/C21H24FN3O2S/c1-12-3-4-15(17(22)5-12)16-10-28-20-18(16)24-11-25(2)21(20)27-19-13-6-23-7-14(19)9-26-8-13/h3-5,10,13-14,19,23H,6-9,11H2,1-2H3. The average Bonchev–Trinajstić information content (AvgIpc) is 3.08. The molecule has 1 aromatic heterocycles. The van der Waals surface area contributed by atoms with Crippen LogP contribution in [0.15, 0.2) is 28.6 Å². The zero-order chi connectivity index (χ0) is 19.3. The predicted octanol–water partition coefficient (Wildman–Crippen LogP) is 1.70. The van der Waals surface area contributed by atoms with Crippen molar-refractivity contribution in [1.82, 2.24) is 10.2 Å². The molecule has 2 fully saturated rings. The van der Waals surface area contributed by atoms with E-state index in [0.717, 1.165) is 53.2 Å². The van der Waals surface area contributed by atoms with Crippen LogP contribution in [0.25, 0.3) is 17.0 Å². The maximum absolute atomic E-state index is 14.6. The van der Waals surface area contributed by atoms with Gasteiger partial charge in [0.15, 0.2) is 0 Å². The van der Waals surface area contributed by atoms with Crippen molar-refractivity contribution in [3.05, 3.63) is 44.8 Å². The first-order chi connectivity index (χ1) is 13.6. The summed E-state index contributed by atoms with van der Waals surface area (Å²) in [6.45, 7) is 5.70. The number of rotatable bonds is 3. The Hall–Kier alpha value is -1.96.